The molecule has 1 aromatic rings. The molecule has 2 unspecified atom stereocenters. The van der Waals surface area contributed by atoms with E-state index in [4.69, 9.17) is 4.74 Å². The van der Waals surface area contributed by atoms with Crippen molar-refractivity contribution in [3.63, 3.8) is 0 Å². The molecular formula is C13H17F2NO. The Bertz CT molecular complexity index is 409. The van der Waals surface area contributed by atoms with Crippen LogP contribution in [-0.2, 0) is 0 Å². The summed E-state index contributed by atoms with van der Waals surface area (Å²) in [6.45, 7) is 2.50. The Morgan fingerprint density at radius 1 is 1.41 bits per heavy atom. The second kappa shape index (κ2) is 5.00. The first kappa shape index (κ1) is 12.3. The summed E-state index contributed by atoms with van der Waals surface area (Å²) in [6.07, 6.45) is 1.68. The van der Waals surface area contributed by atoms with Gasteiger partial charge in [-0.15, -0.1) is 0 Å². The number of hydrogen-bond donors (Lipinski definition) is 1. The Labute approximate surface area is 100.0 Å². The van der Waals surface area contributed by atoms with E-state index in [0.29, 0.717) is 17.9 Å². The van der Waals surface area contributed by atoms with Crippen LogP contribution in [0.5, 0.6) is 5.75 Å². The average molecular weight is 241 g/mol. The van der Waals surface area contributed by atoms with Crippen molar-refractivity contribution in [1.29, 1.82) is 0 Å². The third-order valence-corrected chi connectivity index (χ3v) is 3.09. The van der Waals surface area contributed by atoms with Crippen molar-refractivity contribution >= 4 is 0 Å². The third-order valence-electron chi connectivity index (χ3n) is 3.09. The van der Waals surface area contributed by atoms with Gasteiger partial charge in [0.2, 0.25) is 0 Å². The molecule has 4 heteroatoms. The molecule has 1 aliphatic carbocycles. The lowest BCUT2D eigenvalue weighted by atomic mass is 10.1. The van der Waals surface area contributed by atoms with Gasteiger partial charge in [-0.2, -0.15) is 0 Å². The quantitative estimate of drug-likeness (QED) is 0.856. The van der Waals surface area contributed by atoms with Crippen molar-refractivity contribution < 1.29 is 13.5 Å². The molecule has 0 radical (unpaired) electrons. The molecule has 1 aliphatic rings. The molecule has 0 aromatic heterocycles. The van der Waals surface area contributed by atoms with Gasteiger partial charge in [0, 0.05) is 17.5 Å². The van der Waals surface area contributed by atoms with Crippen LogP contribution in [0.25, 0.3) is 0 Å². The van der Waals surface area contributed by atoms with Crippen LogP contribution in [-0.4, -0.2) is 19.7 Å². The molecule has 0 heterocycles. The second-order valence-corrected chi connectivity index (χ2v) is 4.36. The van der Waals surface area contributed by atoms with Crippen molar-refractivity contribution in [3.8, 4) is 5.75 Å². The summed E-state index contributed by atoms with van der Waals surface area (Å²) in [4.78, 5) is 0. The first-order valence-corrected chi connectivity index (χ1v) is 5.97. The molecule has 2 nitrogen and oxygen atoms in total. The molecule has 2 atom stereocenters. The van der Waals surface area contributed by atoms with Crippen LogP contribution < -0.4 is 10.1 Å². The van der Waals surface area contributed by atoms with Gasteiger partial charge >= 0.3 is 0 Å². The van der Waals surface area contributed by atoms with Gasteiger partial charge in [-0.3, -0.25) is 0 Å². The standard InChI is InChI=1S/C13H17F2NO/c1-3-6-17-11-5-4-9(14)13(15)12(11)8-7-10(8)16-2/h4-5,8,10,16H,3,6-7H2,1-2H3. The Balaban J connectivity index is 2.29. The van der Waals surface area contributed by atoms with Crippen molar-refractivity contribution in [2.24, 2.45) is 0 Å². The molecule has 0 spiro atoms. The van der Waals surface area contributed by atoms with Gasteiger partial charge in [0.05, 0.1) is 6.61 Å². The van der Waals surface area contributed by atoms with Gasteiger partial charge in [-0.1, -0.05) is 6.92 Å². The second-order valence-electron chi connectivity index (χ2n) is 4.36. The summed E-state index contributed by atoms with van der Waals surface area (Å²) in [7, 11) is 1.83. The highest BCUT2D eigenvalue weighted by molar-refractivity contribution is 5.42. The normalized spacial score (nSPS) is 22.6. The van der Waals surface area contributed by atoms with E-state index >= 15 is 0 Å². The van der Waals surface area contributed by atoms with E-state index in [9.17, 15) is 8.78 Å². The van der Waals surface area contributed by atoms with Crippen LogP contribution in [0.2, 0.25) is 0 Å². The van der Waals surface area contributed by atoms with Gasteiger partial charge in [-0.25, -0.2) is 8.78 Å². The predicted molar refractivity (Wildman–Crippen MR) is 62.3 cm³/mol. The minimum Gasteiger partial charge on any atom is -0.493 e. The van der Waals surface area contributed by atoms with Crippen LogP contribution in [0.3, 0.4) is 0 Å². The molecule has 1 N–H and O–H groups in total. The maximum atomic E-state index is 13.8. The molecule has 1 fully saturated rings. The molecule has 2 rings (SSSR count). The van der Waals surface area contributed by atoms with E-state index in [0.717, 1.165) is 18.9 Å². The number of ether oxygens (including phenoxy) is 1. The highest BCUT2D eigenvalue weighted by atomic mass is 19.2. The van der Waals surface area contributed by atoms with Crippen molar-refractivity contribution in [3.05, 3.63) is 29.3 Å². The SMILES string of the molecule is CCCOc1ccc(F)c(F)c1C1CC1NC. The van der Waals surface area contributed by atoms with E-state index in [1.165, 1.54) is 6.07 Å². The molecule has 1 aromatic carbocycles. The average Bonchev–Trinajstić information content (AvgIpc) is 3.09. The van der Waals surface area contributed by atoms with E-state index in [1.807, 2.05) is 14.0 Å². The Hall–Kier alpha value is -1.16. The maximum absolute atomic E-state index is 13.8. The fourth-order valence-corrected chi connectivity index (χ4v) is 2.07. The third kappa shape index (κ3) is 2.41. The number of benzene rings is 1. The van der Waals surface area contributed by atoms with Gasteiger partial charge in [-0.05, 0) is 32.0 Å². The Morgan fingerprint density at radius 2 is 2.18 bits per heavy atom. The summed E-state index contributed by atoms with van der Waals surface area (Å²) in [5.41, 5.74) is 0.387. The van der Waals surface area contributed by atoms with Crippen LogP contribution in [0, 0.1) is 11.6 Å². The van der Waals surface area contributed by atoms with Gasteiger partial charge < -0.3 is 10.1 Å². The van der Waals surface area contributed by atoms with Crippen LogP contribution in [0.4, 0.5) is 8.78 Å². The number of halogens is 2. The van der Waals surface area contributed by atoms with E-state index in [1.54, 1.807) is 0 Å². The minimum atomic E-state index is -0.800. The number of rotatable bonds is 5. The Morgan fingerprint density at radius 3 is 2.76 bits per heavy atom. The fraction of sp³-hybridized carbons (Fsp3) is 0.538. The molecule has 1 saturated carbocycles. The zero-order valence-electron chi connectivity index (χ0n) is 10.1. The lowest BCUT2D eigenvalue weighted by Crippen LogP contribution is -2.12. The predicted octanol–water partition coefficient (Wildman–Crippen LogP) is 2.83. The molecule has 0 amide bonds. The monoisotopic (exact) mass is 241 g/mol. The van der Waals surface area contributed by atoms with Gasteiger partial charge in [0.15, 0.2) is 11.6 Å². The van der Waals surface area contributed by atoms with E-state index in [-0.39, 0.29) is 12.0 Å². The summed E-state index contributed by atoms with van der Waals surface area (Å²) >= 11 is 0. The molecule has 0 aliphatic heterocycles. The lowest BCUT2D eigenvalue weighted by Gasteiger charge is -2.12. The minimum absolute atomic E-state index is 0.0301. The van der Waals surface area contributed by atoms with Gasteiger partial charge in [0.1, 0.15) is 5.75 Å². The van der Waals surface area contributed by atoms with Crippen LogP contribution in [0.15, 0.2) is 12.1 Å². The first-order valence-electron chi connectivity index (χ1n) is 5.97. The van der Waals surface area contributed by atoms with Gasteiger partial charge in [0.25, 0.3) is 0 Å². The van der Waals surface area contributed by atoms with Crippen molar-refractivity contribution in [2.45, 2.75) is 31.7 Å². The van der Waals surface area contributed by atoms with Crippen LogP contribution in [0.1, 0.15) is 31.2 Å². The van der Waals surface area contributed by atoms with E-state index < -0.39 is 11.6 Å². The fourth-order valence-electron chi connectivity index (χ4n) is 2.07. The van der Waals surface area contributed by atoms with E-state index in [2.05, 4.69) is 5.32 Å². The van der Waals surface area contributed by atoms with Crippen molar-refractivity contribution in [1.82, 2.24) is 5.32 Å². The van der Waals surface area contributed by atoms with Crippen LogP contribution >= 0.6 is 0 Å². The summed E-state index contributed by atoms with van der Waals surface area (Å²) in [6, 6.07) is 2.88. The smallest absolute Gasteiger partial charge is 0.166 e. The first-order chi connectivity index (χ1) is 8.19. The summed E-state index contributed by atoms with van der Waals surface area (Å²) in [5, 5.41) is 3.07. The maximum Gasteiger partial charge on any atom is 0.166 e. The van der Waals surface area contributed by atoms with Crippen molar-refractivity contribution in [2.75, 3.05) is 13.7 Å². The summed E-state index contributed by atoms with van der Waals surface area (Å²) in [5.74, 6) is -1.05. The zero-order chi connectivity index (χ0) is 12.4. The molecule has 94 valence electrons. The largest absolute Gasteiger partial charge is 0.493 e. The highest BCUT2D eigenvalue weighted by Crippen LogP contribution is 2.46. The molecule has 17 heavy (non-hydrogen) atoms. The lowest BCUT2D eigenvalue weighted by molar-refractivity contribution is 0.309. The molecular weight excluding hydrogens is 224 g/mol. The molecule has 0 saturated heterocycles. The molecule has 0 bridgehead atoms. The number of hydrogen-bond acceptors (Lipinski definition) is 2. The summed E-state index contributed by atoms with van der Waals surface area (Å²) < 4.78 is 32.5. The zero-order valence-corrected chi connectivity index (χ0v) is 10.1. The number of nitrogens with one attached hydrogen (secondary N) is 1. The number of likely N-dealkylation sites (N-methyl/N-ethyl adjacent to an activating group) is 1. The Kier molecular flexibility index (Phi) is 3.62. The highest BCUT2D eigenvalue weighted by Gasteiger charge is 2.41. The topological polar surface area (TPSA) is 21.3 Å².